The van der Waals surface area contributed by atoms with Gasteiger partial charge in [0.2, 0.25) is 10.0 Å². The molecule has 29 heavy (non-hydrogen) atoms. The zero-order valence-corrected chi connectivity index (χ0v) is 16.4. The smallest absolute Gasteiger partial charge is 0.352 e. The Labute approximate surface area is 167 Å². The summed E-state index contributed by atoms with van der Waals surface area (Å²) in [5.41, 5.74) is 0.613. The standard InChI is InChI=1S/C20H21F3N2O3S/c21-20(22,23)18-9-4-3-8-17(18)19(26)24-11-5-13-29(27,28)25-12-10-15-6-1-2-7-16(15)14-25/h1-4,6-9H,5,10-14H2,(H,24,26). The second-order valence-electron chi connectivity index (χ2n) is 6.82. The number of alkyl halides is 3. The maximum absolute atomic E-state index is 13.0. The second kappa shape index (κ2) is 8.54. The quantitative estimate of drug-likeness (QED) is 0.722. The van der Waals surface area contributed by atoms with E-state index in [2.05, 4.69) is 5.32 Å². The number of fused-ring (bicyclic) bond motifs is 1. The molecule has 0 saturated heterocycles. The lowest BCUT2D eigenvalue weighted by Crippen LogP contribution is -2.38. The van der Waals surface area contributed by atoms with E-state index in [0.717, 1.165) is 23.3 Å². The molecule has 0 aromatic heterocycles. The number of halogens is 3. The van der Waals surface area contributed by atoms with Gasteiger partial charge < -0.3 is 5.32 Å². The number of nitrogens with zero attached hydrogens (tertiary/aromatic N) is 1. The summed E-state index contributed by atoms with van der Waals surface area (Å²) in [5, 5.41) is 2.38. The molecule has 1 aliphatic rings. The molecule has 1 N–H and O–H groups in total. The van der Waals surface area contributed by atoms with Crippen LogP contribution in [0.3, 0.4) is 0 Å². The Kier molecular flexibility index (Phi) is 6.28. The summed E-state index contributed by atoms with van der Waals surface area (Å²) < 4.78 is 65.5. The van der Waals surface area contributed by atoms with Crippen molar-refractivity contribution in [2.24, 2.45) is 0 Å². The number of hydrogen-bond donors (Lipinski definition) is 1. The van der Waals surface area contributed by atoms with Gasteiger partial charge in [-0.2, -0.15) is 17.5 Å². The Balaban J connectivity index is 1.54. The van der Waals surface area contributed by atoms with Gasteiger partial charge in [0.15, 0.2) is 0 Å². The fraction of sp³-hybridized carbons (Fsp3) is 0.350. The lowest BCUT2D eigenvalue weighted by molar-refractivity contribution is -0.137. The van der Waals surface area contributed by atoms with Gasteiger partial charge in [0.05, 0.1) is 16.9 Å². The minimum absolute atomic E-state index is 0.0331. The van der Waals surface area contributed by atoms with Crippen LogP contribution in [0.2, 0.25) is 0 Å². The van der Waals surface area contributed by atoms with Gasteiger partial charge in [0.25, 0.3) is 5.91 Å². The van der Waals surface area contributed by atoms with Crippen molar-refractivity contribution in [2.45, 2.75) is 25.6 Å². The van der Waals surface area contributed by atoms with Crippen LogP contribution in [0.5, 0.6) is 0 Å². The predicted molar refractivity (Wildman–Crippen MR) is 103 cm³/mol. The molecule has 0 aliphatic carbocycles. The third-order valence-electron chi connectivity index (χ3n) is 4.83. The Bertz CT molecular complexity index is 990. The Morgan fingerprint density at radius 3 is 2.41 bits per heavy atom. The first-order valence-corrected chi connectivity index (χ1v) is 10.8. The summed E-state index contributed by atoms with van der Waals surface area (Å²) in [7, 11) is -3.52. The van der Waals surface area contributed by atoms with Crippen LogP contribution in [0.4, 0.5) is 13.2 Å². The highest BCUT2D eigenvalue weighted by molar-refractivity contribution is 7.89. The number of amides is 1. The van der Waals surface area contributed by atoms with Crippen molar-refractivity contribution >= 4 is 15.9 Å². The molecule has 1 heterocycles. The minimum Gasteiger partial charge on any atom is -0.352 e. The molecule has 156 valence electrons. The normalized spacial score (nSPS) is 15.0. The minimum atomic E-state index is -4.64. The molecule has 0 fully saturated rings. The molecule has 0 unspecified atom stereocenters. The van der Waals surface area contributed by atoms with Crippen molar-refractivity contribution in [2.75, 3.05) is 18.8 Å². The second-order valence-corrected chi connectivity index (χ2v) is 8.91. The van der Waals surface area contributed by atoms with Crippen LogP contribution < -0.4 is 5.32 Å². The molecule has 3 rings (SSSR count). The highest BCUT2D eigenvalue weighted by Gasteiger charge is 2.34. The summed E-state index contributed by atoms with van der Waals surface area (Å²) in [6.45, 7) is 0.670. The fourth-order valence-electron chi connectivity index (χ4n) is 3.32. The zero-order valence-electron chi connectivity index (χ0n) is 15.6. The molecule has 2 aromatic rings. The van der Waals surface area contributed by atoms with Crippen LogP contribution in [-0.2, 0) is 29.2 Å². The van der Waals surface area contributed by atoms with Crippen molar-refractivity contribution < 1.29 is 26.4 Å². The highest BCUT2D eigenvalue weighted by atomic mass is 32.2. The van der Waals surface area contributed by atoms with Gasteiger partial charge in [0.1, 0.15) is 0 Å². The van der Waals surface area contributed by atoms with Gasteiger partial charge in [-0.1, -0.05) is 36.4 Å². The summed E-state index contributed by atoms with van der Waals surface area (Å²) in [4.78, 5) is 12.1. The molecule has 1 amide bonds. The first-order valence-electron chi connectivity index (χ1n) is 9.17. The lowest BCUT2D eigenvalue weighted by Gasteiger charge is -2.28. The third-order valence-corrected chi connectivity index (χ3v) is 6.73. The number of nitrogens with one attached hydrogen (secondary N) is 1. The van der Waals surface area contributed by atoms with Crippen molar-refractivity contribution in [3.8, 4) is 0 Å². The number of rotatable bonds is 6. The van der Waals surface area contributed by atoms with Crippen LogP contribution in [0.25, 0.3) is 0 Å². The molecular formula is C20H21F3N2O3S. The largest absolute Gasteiger partial charge is 0.417 e. The van der Waals surface area contributed by atoms with Gasteiger partial charge in [-0.3, -0.25) is 4.79 Å². The van der Waals surface area contributed by atoms with Crippen LogP contribution in [0, 0.1) is 0 Å². The molecule has 2 aromatic carbocycles. The van der Waals surface area contributed by atoms with E-state index < -0.39 is 33.2 Å². The van der Waals surface area contributed by atoms with E-state index in [0.29, 0.717) is 19.5 Å². The molecule has 0 atom stereocenters. The van der Waals surface area contributed by atoms with Crippen LogP contribution >= 0.6 is 0 Å². The van der Waals surface area contributed by atoms with Crippen LogP contribution in [-0.4, -0.2) is 37.5 Å². The number of carbonyl (C=O) groups excluding carboxylic acids is 1. The Morgan fingerprint density at radius 1 is 1.03 bits per heavy atom. The van der Waals surface area contributed by atoms with Gasteiger partial charge in [0, 0.05) is 19.6 Å². The SMILES string of the molecule is O=C(NCCCS(=O)(=O)N1CCc2ccccc2C1)c1ccccc1C(F)(F)F. The molecule has 0 saturated carbocycles. The van der Waals surface area contributed by atoms with E-state index in [1.54, 1.807) is 0 Å². The van der Waals surface area contributed by atoms with E-state index in [-0.39, 0.29) is 18.7 Å². The zero-order chi connectivity index (χ0) is 21.1. The molecule has 5 nitrogen and oxygen atoms in total. The monoisotopic (exact) mass is 426 g/mol. The van der Waals surface area contributed by atoms with Gasteiger partial charge in [-0.05, 0) is 36.1 Å². The van der Waals surface area contributed by atoms with E-state index >= 15 is 0 Å². The van der Waals surface area contributed by atoms with E-state index in [1.165, 1.54) is 16.4 Å². The average Bonchev–Trinajstić information content (AvgIpc) is 2.70. The first kappa shape index (κ1) is 21.3. The van der Waals surface area contributed by atoms with E-state index in [1.807, 2.05) is 24.3 Å². The fourth-order valence-corrected chi connectivity index (χ4v) is 4.79. The lowest BCUT2D eigenvalue weighted by atomic mass is 10.0. The average molecular weight is 426 g/mol. The summed E-state index contributed by atoms with van der Waals surface area (Å²) >= 11 is 0. The number of hydrogen-bond acceptors (Lipinski definition) is 3. The molecular weight excluding hydrogens is 405 g/mol. The molecule has 9 heteroatoms. The topological polar surface area (TPSA) is 66.5 Å². The maximum Gasteiger partial charge on any atom is 0.417 e. The van der Waals surface area contributed by atoms with E-state index in [4.69, 9.17) is 0 Å². The van der Waals surface area contributed by atoms with E-state index in [9.17, 15) is 26.4 Å². The van der Waals surface area contributed by atoms with Crippen LogP contribution in [0.15, 0.2) is 48.5 Å². The van der Waals surface area contributed by atoms with Gasteiger partial charge in [-0.25, -0.2) is 8.42 Å². The molecule has 0 radical (unpaired) electrons. The molecule has 1 aliphatic heterocycles. The van der Waals surface area contributed by atoms with Crippen molar-refractivity contribution in [3.05, 3.63) is 70.8 Å². The third kappa shape index (κ3) is 5.16. The molecule has 0 bridgehead atoms. The summed E-state index contributed by atoms with van der Waals surface area (Å²) in [5.74, 6) is -1.06. The van der Waals surface area contributed by atoms with Crippen molar-refractivity contribution in [3.63, 3.8) is 0 Å². The number of benzene rings is 2. The van der Waals surface area contributed by atoms with Crippen LogP contribution in [0.1, 0.15) is 33.5 Å². The van der Waals surface area contributed by atoms with Gasteiger partial charge in [-0.15, -0.1) is 0 Å². The predicted octanol–water partition coefficient (Wildman–Crippen LogP) is 3.21. The van der Waals surface area contributed by atoms with Gasteiger partial charge >= 0.3 is 6.18 Å². The number of sulfonamides is 1. The molecule has 0 spiro atoms. The first-order chi connectivity index (χ1) is 13.7. The maximum atomic E-state index is 13.0. The summed E-state index contributed by atoms with van der Waals surface area (Å²) in [6.07, 6.45) is -3.89. The number of carbonyl (C=O) groups is 1. The Morgan fingerprint density at radius 2 is 1.69 bits per heavy atom. The van der Waals surface area contributed by atoms with Crippen molar-refractivity contribution in [1.29, 1.82) is 0 Å². The Hall–Kier alpha value is -2.39. The summed E-state index contributed by atoms with van der Waals surface area (Å²) in [6, 6.07) is 12.2. The highest BCUT2D eigenvalue weighted by Crippen LogP contribution is 2.31. The van der Waals surface area contributed by atoms with Crippen molar-refractivity contribution in [1.82, 2.24) is 9.62 Å².